The summed E-state index contributed by atoms with van der Waals surface area (Å²) in [5.41, 5.74) is 8.34. The fourth-order valence-electron chi connectivity index (χ4n) is 3.07. The Hall–Kier alpha value is -1.02. The second-order valence-corrected chi connectivity index (χ2v) is 8.63. The summed E-state index contributed by atoms with van der Waals surface area (Å²) in [6, 6.07) is 5.96. The molecule has 114 valence electrons. The molecule has 0 unspecified atom stereocenters. The summed E-state index contributed by atoms with van der Waals surface area (Å²) >= 11 is 0. The molecule has 0 heterocycles. The molecular weight excluding hydrogens is 246 g/mol. The van der Waals surface area contributed by atoms with Gasteiger partial charge < -0.3 is 10.8 Å². The molecule has 0 saturated carbocycles. The lowest BCUT2D eigenvalue weighted by atomic mass is 9.72. The Labute approximate surface area is 124 Å². The number of phenolic OH excluding ortho intramolecular Hbond substituents is 1. The maximum absolute atomic E-state index is 10.0. The van der Waals surface area contributed by atoms with Crippen molar-refractivity contribution in [1.82, 2.24) is 0 Å². The van der Waals surface area contributed by atoms with Crippen LogP contribution in [0.2, 0.25) is 0 Å². The smallest absolute Gasteiger partial charge is 0.118 e. The molecule has 0 aliphatic rings. The molecule has 20 heavy (non-hydrogen) atoms. The molecule has 1 aromatic carbocycles. The highest BCUT2D eigenvalue weighted by atomic mass is 16.3. The van der Waals surface area contributed by atoms with E-state index in [4.69, 9.17) is 5.73 Å². The van der Waals surface area contributed by atoms with Gasteiger partial charge in [-0.1, -0.05) is 46.8 Å². The molecule has 0 bridgehead atoms. The van der Waals surface area contributed by atoms with Crippen LogP contribution >= 0.6 is 0 Å². The lowest BCUT2D eigenvalue weighted by Gasteiger charge is -2.33. The molecule has 2 heteroatoms. The van der Waals surface area contributed by atoms with Crippen molar-refractivity contribution in [2.45, 2.75) is 72.3 Å². The van der Waals surface area contributed by atoms with Crippen LogP contribution < -0.4 is 5.73 Å². The van der Waals surface area contributed by atoms with Crippen LogP contribution in [0.5, 0.6) is 5.75 Å². The summed E-state index contributed by atoms with van der Waals surface area (Å²) < 4.78 is 0. The third-order valence-electron chi connectivity index (χ3n) is 3.48. The molecule has 0 radical (unpaired) electrons. The average Bonchev–Trinajstić information content (AvgIpc) is 2.15. The lowest BCUT2D eigenvalue weighted by Crippen LogP contribution is -2.34. The summed E-state index contributed by atoms with van der Waals surface area (Å²) in [5.74, 6) is 0.346. The molecule has 0 fully saturated rings. The topological polar surface area (TPSA) is 46.2 Å². The van der Waals surface area contributed by atoms with Gasteiger partial charge in [0.05, 0.1) is 0 Å². The summed E-state index contributed by atoms with van der Waals surface area (Å²) in [5, 5.41) is 10.0. The van der Waals surface area contributed by atoms with E-state index in [-0.39, 0.29) is 16.4 Å². The van der Waals surface area contributed by atoms with E-state index in [0.29, 0.717) is 12.2 Å². The first-order chi connectivity index (χ1) is 8.80. The van der Waals surface area contributed by atoms with Crippen LogP contribution in [0.3, 0.4) is 0 Å². The molecule has 1 aromatic rings. The Morgan fingerprint density at radius 2 is 1.55 bits per heavy atom. The summed E-state index contributed by atoms with van der Waals surface area (Å²) in [7, 11) is 0. The predicted molar refractivity (Wildman–Crippen MR) is 87.2 cm³/mol. The maximum atomic E-state index is 10.0. The average molecular weight is 277 g/mol. The van der Waals surface area contributed by atoms with E-state index in [2.05, 4.69) is 40.7 Å². The first-order valence-corrected chi connectivity index (χ1v) is 7.41. The highest BCUT2D eigenvalue weighted by Crippen LogP contribution is 2.37. The largest absolute Gasteiger partial charge is 0.508 e. The quantitative estimate of drug-likeness (QED) is 0.857. The van der Waals surface area contributed by atoms with Crippen molar-refractivity contribution in [3.63, 3.8) is 0 Å². The van der Waals surface area contributed by atoms with Gasteiger partial charge in [-0.05, 0) is 54.7 Å². The molecule has 0 spiro atoms. The Morgan fingerprint density at radius 1 is 1.00 bits per heavy atom. The van der Waals surface area contributed by atoms with Gasteiger partial charge in [-0.2, -0.15) is 0 Å². The standard InChI is InChI=1S/C18H31NO/c1-16(2,3)12-17(4,5)14-8-9-15(20)13(10-14)11-18(6,7)19/h8-10,20H,11-12,19H2,1-7H3. The molecule has 1 rings (SSSR count). The van der Waals surface area contributed by atoms with E-state index < -0.39 is 0 Å². The van der Waals surface area contributed by atoms with Gasteiger partial charge in [0, 0.05) is 5.54 Å². The molecule has 2 nitrogen and oxygen atoms in total. The van der Waals surface area contributed by atoms with E-state index >= 15 is 0 Å². The first-order valence-electron chi connectivity index (χ1n) is 7.41. The zero-order chi connectivity index (χ0) is 15.8. The highest BCUT2D eigenvalue weighted by Gasteiger charge is 2.28. The van der Waals surface area contributed by atoms with E-state index in [1.54, 1.807) is 6.07 Å². The maximum Gasteiger partial charge on any atom is 0.118 e. The number of hydrogen-bond donors (Lipinski definition) is 2. The van der Waals surface area contributed by atoms with E-state index in [1.807, 2.05) is 19.9 Å². The number of rotatable bonds is 4. The minimum Gasteiger partial charge on any atom is -0.508 e. The van der Waals surface area contributed by atoms with E-state index in [1.165, 1.54) is 5.56 Å². The third kappa shape index (κ3) is 5.16. The molecule has 0 aliphatic heterocycles. The zero-order valence-electron chi connectivity index (χ0n) is 14.2. The van der Waals surface area contributed by atoms with Gasteiger partial charge in [-0.3, -0.25) is 0 Å². The molecular formula is C18H31NO. The summed E-state index contributed by atoms with van der Waals surface area (Å²) in [6.45, 7) is 15.3. The molecule has 0 aromatic heterocycles. The fourth-order valence-corrected chi connectivity index (χ4v) is 3.07. The van der Waals surface area contributed by atoms with E-state index in [0.717, 1.165) is 12.0 Å². The van der Waals surface area contributed by atoms with Crippen LogP contribution in [0.15, 0.2) is 18.2 Å². The minimum absolute atomic E-state index is 0.0828. The Morgan fingerprint density at radius 3 is 2.00 bits per heavy atom. The highest BCUT2D eigenvalue weighted by molar-refractivity contribution is 5.40. The van der Waals surface area contributed by atoms with Gasteiger partial charge in [0.2, 0.25) is 0 Å². The van der Waals surface area contributed by atoms with Crippen molar-refractivity contribution in [3.05, 3.63) is 29.3 Å². The van der Waals surface area contributed by atoms with Crippen LogP contribution in [0.25, 0.3) is 0 Å². The molecule has 0 aliphatic carbocycles. The van der Waals surface area contributed by atoms with Crippen molar-refractivity contribution in [2.24, 2.45) is 11.1 Å². The van der Waals surface area contributed by atoms with Crippen LogP contribution in [0, 0.1) is 5.41 Å². The normalized spacial score (nSPS) is 13.6. The van der Waals surface area contributed by atoms with Crippen LogP contribution in [0.1, 0.15) is 66.0 Å². The number of phenols is 1. The lowest BCUT2D eigenvalue weighted by molar-refractivity contribution is 0.283. The van der Waals surface area contributed by atoms with Crippen molar-refractivity contribution in [3.8, 4) is 5.75 Å². The Kier molecular flexibility index (Phi) is 4.60. The predicted octanol–water partition coefficient (Wildman–Crippen LogP) is 4.39. The number of aromatic hydroxyl groups is 1. The number of nitrogens with two attached hydrogens (primary N) is 1. The number of hydrogen-bond acceptors (Lipinski definition) is 2. The monoisotopic (exact) mass is 277 g/mol. The van der Waals surface area contributed by atoms with Crippen molar-refractivity contribution in [2.75, 3.05) is 0 Å². The number of benzene rings is 1. The fraction of sp³-hybridized carbons (Fsp3) is 0.667. The van der Waals surface area contributed by atoms with E-state index in [9.17, 15) is 5.11 Å². The summed E-state index contributed by atoms with van der Waals surface area (Å²) in [6.07, 6.45) is 1.77. The van der Waals surface area contributed by atoms with Crippen molar-refractivity contribution >= 4 is 0 Å². The van der Waals surface area contributed by atoms with Crippen LogP contribution in [-0.2, 0) is 11.8 Å². The molecule has 3 N–H and O–H groups in total. The van der Waals surface area contributed by atoms with Gasteiger partial charge in [-0.25, -0.2) is 0 Å². The summed E-state index contributed by atoms with van der Waals surface area (Å²) in [4.78, 5) is 0. The van der Waals surface area contributed by atoms with Crippen molar-refractivity contribution in [1.29, 1.82) is 0 Å². The van der Waals surface area contributed by atoms with Gasteiger partial charge in [0.15, 0.2) is 0 Å². The second kappa shape index (κ2) is 5.40. The zero-order valence-corrected chi connectivity index (χ0v) is 14.2. The molecule has 0 amide bonds. The Bertz CT molecular complexity index is 461. The van der Waals surface area contributed by atoms with Gasteiger partial charge in [-0.15, -0.1) is 0 Å². The minimum atomic E-state index is -0.315. The first kappa shape index (κ1) is 17.0. The van der Waals surface area contributed by atoms with Crippen molar-refractivity contribution < 1.29 is 5.11 Å². The van der Waals surface area contributed by atoms with Crippen LogP contribution in [-0.4, -0.2) is 10.6 Å². The molecule has 0 atom stereocenters. The molecule has 0 saturated heterocycles. The van der Waals surface area contributed by atoms with Gasteiger partial charge in [0.1, 0.15) is 5.75 Å². The SMILES string of the molecule is CC(C)(C)CC(C)(C)c1ccc(O)c(CC(C)(C)N)c1. The second-order valence-electron chi connectivity index (χ2n) is 8.63. The van der Waals surface area contributed by atoms with Gasteiger partial charge >= 0.3 is 0 Å². The van der Waals surface area contributed by atoms with Gasteiger partial charge in [0.25, 0.3) is 0 Å². The Balaban J connectivity index is 3.11. The third-order valence-corrected chi connectivity index (χ3v) is 3.48. The van der Waals surface area contributed by atoms with Crippen LogP contribution in [0.4, 0.5) is 0 Å².